The number of ether oxygens (including phenoxy) is 1. The van der Waals surface area contributed by atoms with Gasteiger partial charge >= 0.3 is 0 Å². The van der Waals surface area contributed by atoms with Crippen LogP contribution in [-0.4, -0.2) is 19.7 Å². The first-order valence-electron chi connectivity index (χ1n) is 5.75. The van der Waals surface area contributed by atoms with Crippen molar-refractivity contribution in [2.24, 2.45) is 7.05 Å². The van der Waals surface area contributed by atoms with Crippen molar-refractivity contribution < 1.29 is 4.74 Å². The van der Waals surface area contributed by atoms with Crippen LogP contribution in [0.3, 0.4) is 0 Å². The number of nitrogens with two attached hydrogens (primary N) is 1. The van der Waals surface area contributed by atoms with Gasteiger partial charge in [-0.2, -0.15) is 10.1 Å². The van der Waals surface area contributed by atoms with E-state index in [1.54, 1.807) is 16.0 Å². The van der Waals surface area contributed by atoms with Gasteiger partial charge in [-0.1, -0.05) is 0 Å². The number of nitrogens with zero attached hydrogens (tertiary/aromatic N) is 4. The highest BCUT2D eigenvalue weighted by molar-refractivity contribution is 7.18. The Balaban J connectivity index is 2.11. The van der Waals surface area contributed by atoms with Crippen molar-refractivity contribution in [3.63, 3.8) is 0 Å². The molecule has 6 nitrogen and oxygen atoms in total. The van der Waals surface area contributed by atoms with Gasteiger partial charge in [0.1, 0.15) is 4.83 Å². The summed E-state index contributed by atoms with van der Waals surface area (Å²) in [5, 5.41) is 5.11. The van der Waals surface area contributed by atoms with Crippen molar-refractivity contribution in [2.75, 3.05) is 5.73 Å². The first kappa shape index (κ1) is 11.9. The van der Waals surface area contributed by atoms with Crippen LogP contribution < -0.4 is 10.5 Å². The molecule has 0 aliphatic carbocycles. The maximum Gasteiger partial charge on any atom is 0.234 e. The lowest BCUT2D eigenvalue weighted by Gasteiger charge is -2.05. The molecule has 0 aliphatic heterocycles. The molecule has 0 aliphatic rings. The highest BCUT2D eigenvalue weighted by Crippen LogP contribution is 2.33. The second-order valence-electron chi connectivity index (χ2n) is 4.31. The van der Waals surface area contributed by atoms with E-state index in [1.807, 2.05) is 33.0 Å². The zero-order valence-electron chi connectivity index (χ0n) is 10.8. The third-order valence-corrected chi connectivity index (χ3v) is 3.60. The number of fused-ring (bicyclic) bond motifs is 1. The molecule has 0 amide bonds. The van der Waals surface area contributed by atoms with Crippen molar-refractivity contribution in [1.82, 2.24) is 19.7 Å². The van der Waals surface area contributed by atoms with Gasteiger partial charge in [0.2, 0.25) is 17.7 Å². The molecule has 0 fully saturated rings. The molecular formula is C12H13N5OS. The maximum absolute atomic E-state index is 5.81. The SMILES string of the molecule is Cc1cc(Oc2nc(N)nc3sc(C)cc23)n(C)n1. The Bertz CT molecular complexity index is 761. The van der Waals surface area contributed by atoms with E-state index in [0.717, 1.165) is 20.8 Å². The average Bonchev–Trinajstić information content (AvgIpc) is 2.81. The fourth-order valence-corrected chi connectivity index (χ4v) is 2.77. The minimum absolute atomic E-state index is 0.211. The molecule has 0 spiro atoms. The summed E-state index contributed by atoms with van der Waals surface area (Å²) in [6, 6.07) is 3.85. The van der Waals surface area contributed by atoms with E-state index in [4.69, 9.17) is 10.5 Å². The molecule has 0 unspecified atom stereocenters. The van der Waals surface area contributed by atoms with Crippen molar-refractivity contribution in [1.29, 1.82) is 0 Å². The Morgan fingerprint density at radius 2 is 2.05 bits per heavy atom. The van der Waals surface area contributed by atoms with Gasteiger partial charge in [0, 0.05) is 18.0 Å². The van der Waals surface area contributed by atoms with Gasteiger partial charge in [-0.15, -0.1) is 11.3 Å². The molecule has 0 saturated heterocycles. The molecule has 3 heterocycles. The van der Waals surface area contributed by atoms with E-state index < -0.39 is 0 Å². The van der Waals surface area contributed by atoms with Crippen LogP contribution in [0.1, 0.15) is 10.6 Å². The van der Waals surface area contributed by atoms with Gasteiger partial charge < -0.3 is 10.5 Å². The highest BCUT2D eigenvalue weighted by atomic mass is 32.1. The molecule has 0 aromatic carbocycles. The van der Waals surface area contributed by atoms with Crippen LogP contribution in [0.2, 0.25) is 0 Å². The molecule has 3 rings (SSSR count). The van der Waals surface area contributed by atoms with Gasteiger partial charge in [0.05, 0.1) is 11.1 Å². The number of hydrogen-bond donors (Lipinski definition) is 1. The predicted octanol–water partition coefficient (Wildman–Crippen LogP) is 2.42. The number of hydrogen-bond acceptors (Lipinski definition) is 6. The Morgan fingerprint density at radius 3 is 2.74 bits per heavy atom. The molecule has 19 heavy (non-hydrogen) atoms. The summed E-state index contributed by atoms with van der Waals surface area (Å²) in [6.07, 6.45) is 0. The van der Waals surface area contributed by atoms with Crippen LogP contribution in [0.15, 0.2) is 12.1 Å². The molecule has 0 atom stereocenters. The van der Waals surface area contributed by atoms with Crippen molar-refractivity contribution in [2.45, 2.75) is 13.8 Å². The number of nitrogen functional groups attached to an aromatic ring is 1. The third-order valence-electron chi connectivity index (χ3n) is 2.66. The molecule has 98 valence electrons. The van der Waals surface area contributed by atoms with Crippen LogP contribution in [-0.2, 0) is 7.05 Å². The van der Waals surface area contributed by atoms with E-state index in [-0.39, 0.29) is 5.95 Å². The minimum Gasteiger partial charge on any atom is -0.420 e. The molecule has 2 N–H and O–H groups in total. The summed E-state index contributed by atoms with van der Waals surface area (Å²) < 4.78 is 7.48. The molecule has 3 aromatic rings. The number of thiophene rings is 1. The van der Waals surface area contributed by atoms with Crippen molar-refractivity contribution in [3.05, 3.63) is 22.7 Å². The first-order valence-corrected chi connectivity index (χ1v) is 6.57. The first-order chi connectivity index (χ1) is 9.02. The van der Waals surface area contributed by atoms with E-state index in [1.165, 1.54) is 0 Å². The van der Waals surface area contributed by atoms with Gasteiger partial charge in [0.15, 0.2) is 0 Å². The lowest BCUT2D eigenvalue weighted by molar-refractivity contribution is 0.420. The second-order valence-corrected chi connectivity index (χ2v) is 5.55. The highest BCUT2D eigenvalue weighted by Gasteiger charge is 2.13. The van der Waals surface area contributed by atoms with E-state index >= 15 is 0 Å². The van der Waals surface area contributed by atoms with E-state index in [2.05, 4.69) is 15.1 Å². The van der Waals surface area contributed by atoms with Gasteiger partial charge in [-0.25, -0.2) is 9.67 Å². The van der Waals surface area contributed by atoms with Gasteiger partial charge in [-0.3, -0.25) is 0 Å². The van der Waals surface area contributed by atoms with Crippen LogP contribution in [0.25, 0.3) is 10.2 Å². The lowest BCUT2D eigenvalue weighted by Crippen LogP contribution is -2.00. The summed E-state index contributed by atoms with van der Waals surface area (Å²) in [7, 11) is 1.82. The topological polar surface area (TPSA) is 78.9 Å². The third kappa shape index (κ3) is 2.12. The molecule has 0 radical (unpaired) electrons. The fourth-order valence-electron chi connectivity index (χ4n) is 1.89. The molecular weight excluding hydrogens is 262 g/mol. The number of aromatic nitrogens is 4. The second kappa shape index (κ2) is 4.20. The summed E-state index contributed by atoms with van der Waals surface area (Å²) in [5.41, 5.74) is 6.60. The summed E-state index contributed by atoms with van der Waals surface area (Å²) in [6.45, 7) is 3.92. The smallest absolute Gasteiger partial charge is 0.234 e. The number of anilines is 1. The van der Waals surface area contributed by atoms with E-state index in [9.17, 15) is 0 Å². The molecule has 7 heteroatoms. The number of rotatable bonds is 2. The molecule has 0 bridgehead atoms. The summed E-state index contributed by atoms with van der Waals surface area (Å²) in [5.74, 6) is 1.30. The molecule has 3 aromatic heterocycles. The zero-order chi connectivity index (χ0) is 13.6. The molecule has 0 saturated carbocycles. The quantitative estimate of drug-likeness (QED) is 0.777. The normalized spacial score (nSPS) is 11.1. The van der Waals surface area contributed by atoms with Crippen LogP contribution in [0, 0.1) is 13.8 Å². The van der Waals surface area contributed by atoms with Crippen LogP contribution >= 0.6 is 11.3 Å². The zero-order valence-corrected chi connectivity index (χ0v) is 11.7. The van der Waals surface area contributed by atoms with Crippen LogP contribution in [0.4, 0.5) is 5.95 Å². The lowest BCUT2D eigenvalue weighted by atomic mass is 10.3. The standard InChI is InChI=1S/C12H13N5OS/c1-6-4-9(17(3)16-6)18-10-8-5-7(2)19-11(8)15-12(13)14-10/h4-5H,1-3H3,(H2,13,14,15). The van der Waals surface area contributed by atoms with E-state index in [0.29, 0.717) is 11.8 Å². The predicted molar refractivity (Wildman–Crippen MR) is 74.6 cm³/mol. The average molecular weight is 275 g/mol. The Morgan fingerprint density at radius 1 is 1.26 bits per heavy atom. The van der Waals surface area contributed by atoms with Crippen molar-refractivity contribution in [3.8, 4) is 11.8 Å². The Hall–Kier alpha value is -2.15. The largest absolute Gasteiger partial charge is 0.420 e. The number of aryl methyl sites for hydroxylation is 3. The Kier molecular flexibility index (Phi) is 2.63. The Labute approximate surface area is 113 Å². The minimum atomic E-state index is 0.211. The van der Waals surface area contributed by atoms with Crippen molar-refractivity contribution >= 4 is 27.5 Å². The van der Waals surface area contributed by atoms with Gasteiger partial charge in [0.25, 0.3) is 0 Å². The van der Waals surface area contributed by atoms with Gasteiger partial charge in [-0.05, 0) is 19.9 Å². The fraction of sp³-hybridized carbons (Fsp3) is 0.250. The summed E-state index contributed by atoms with van der Waals surface area (Å²) in [4.78, 5) is 10.4. The summed E-state index contributed by atoms with van der Waals surface area (Å²) >= 11 is 1.57. The van der Waals surface area contributed by atoms with Crippen LogP contribution in [0.5, 0.6) is 11.8 Å². The monoisotopic (exact) mass is 275 g/mol. The maximum atomic E-state index is 5.81.